The van der Waals surface area contributed by atoms with Crippen LogP contribution in [0.15, 0.2) is 11.4 Å². The minimum absolute atomic E-state index is 0.596. The lowest BCUT2D eigenvalue weighted by Crippen LogP contribution is -2.16. The molecule has 2 rings (SSSR count). The van der Waals surface area contributed by atoms with E-state index in [1.54, 1.807) is 0 Å². The van der Waals surface area contributed by atoms with Crippen LogP contribution in [-0.2, 0) is 0 Å². The van der Waals surface area contributed by atoms with Crippen molar-refractivity contribution in [3.63, 3.8) is 0 Å². The first kappa shape index (κ1) is 9.22. The molecule has 1 unspecified atom stereocenters. The highest BCUT2D eigenvalue weighted by atomic mass is 32.1. The van der Waals surface area contributed by atoms with Crippen LogP contribution in [0.5, 0.6) is 0 Å². The van der Waals surface area contributed by atoms with Crippen LogP contribution in [-0.4, -0.2) is 7.05 Å². The summed E-state index contributed by atoms with van der Waals surface area (Å²) in [6.07, 6.45) is 4.22. The van der Waals surface area contributed by atoms with Crippen molar-refractivity contribution in [1.82, 2.24) is 5.32 Å². The minimum atomic E-state index is 0.596. The zero-order valence-electron chi connectivity index (χ0n) is 8.34. The number of thiophene rings is 1. The zero-order valence-corrected chi connectivity index (χ0v) is 9.16. The molecule has 1 aromatic heterocycles. The first-order valence-electron chi connectivity index (χ1n) is 5.02. The average molecular weight is 195 g/mol. The third-order valence-electron chi connectivity index (χ3n) is 2.89. The van der Waals surface area contributed by atoms with E-state index >= 15 is 0 Å². The Bertz CT molecular complexity index is 275. The molecular weight excluding hydrogens is 178 g/mol. The highest BCUT2D eigenvalue weighted by Gasteiger charge is 2.26. The van der Waals surface area contributed by atoms with Crippen molar-refractivity contribution < 1.29 is 0 Å². The van der Waals surface area contributed by atoms with Crippen molar-refractivity contribution in [2.75, 3.05) is 7.05 Å². The third-order valence-corrected chi connectivity index (χ3v) is 3.75. The van der Waals surface area contributed by atoms with Gasteiger partial charge in [-0.25, -0.2) is 0 Å². The van der Waals surface area contributed by atoms with Crippen molar-refractivity contribution in [2.24, 2.45) is 5.92 Å². The Morgan fingerprint density at radius 1 is 1.62 bits per heavy atom. The smallest absolute Gasteiger partial charge is 0.0331 e. The van der Waals surface area contributed by atoms with Gasteiger partial charge >= 0.3 is 0 Å². The number of aryl methyl sites for hydroxylation is 1. The first-order chi connectivity index (χ1) is 6.31. The van der Waals surface area contributed by atoms with Gasteiger partial charge in [0.15, 0.2) is 0 Å². The molecule has 72 valence electrons. The van der Waals surface area contributed by atoms with Crippen LogP contribution in [0.1, 0.15) is 35.7 Å². The van der Waals surface area contributed by atoms with Gasteiger partial charge in [-0.05, 0) is 43.3 Å². The SMILES string of the molecule is CNC(CC1CC1)c1ccsc1C. The maximum absolute atomic E-state index is 3.42. The fraction of sp³-hybridized carbons (Fsp3) is 0.636. The van der Waals surface area contributed by atoms with Gasteiger partial charge in [-0.15, -0.1) is 11.3 Å². The molecule has 0 radical (unpaired) electrons. The van der Waals surface area contributed by atoms with Crippen LogP contribution in [0.3, 0.4) is 0 Å². The van der Waals surface area contributed by atoms with Crippen LogP contribution in [0.4, 0.5) is 0 Å². The highest BCUT2D eigenvalue weighted by molar-refractivity contribution is 7.10. The van der Waals surface area contributed by atoms with E-state index in [4.69, 9.17) is 0 Å². The molecule has 0 saturated heterocycles. The normalized spacial score (nSPS) is 18.9. The second-order valence-corrected chi connectivity index (χ2v) is 5.07. The minimum Gasteiger partial charge on any atom is -0.313 e. The second-order valence-electron chi connectivity index (χ2n) is 3.95. The fourth-order valence-electron chi connectivity index (χ4n) is 1.84. The summed E-state index contributed by atoms with van der Waals surface area (Å²) in [5.41, 5.74) is 1.51. The Kier molecular flexibility index (Phi) is 2.70. The molecule has 1 N–H and O–H groups in total. The van der Waals surface area contributed by atoms with E-state index in [9.17, 15) is 0 Å². The molecule has 1 aromatic rings. The van der Waals surface area contributed by atoms with Gasteiger partial charge < -0.3 is 5.32 Å². The maximum atomic E-state index is 3.42. The molecule has 2 heteroatoms. The van der Waals surface area contributed by atoms with Crippen LogP contribution in [0.2, 0.25) is 0 Å². The Hall–Kier alpha value is -0.340. The molecule has 0 amide bonds. The summed E-state index contributed by atoms with van der Waals surface area (Å²) in [6.45, 7) is 2.22. The summed E-state index contributed by atoms with van der Waals surface area (Å²) < 4.78 is 0. The molecule has 1 aliphatic carbocycles. The summed E-state index contributed by atoms with van der Waals surface area (Å²) in [7, 11) is 2.07. The van der Waals surface area contributed by atoms with E-state index < -0.39 is 0 Å². The van der Waals surface area contributed by atoms with E-state index in [2.05, 4.69) is 30.7 Å². The lowest BCUT2D eigenvalue weighted by atomic mass is 10.0. The second kappa shape index (κ2) is 3.81. The van der Waals surface area contributed by atoms with Gasteiger partial charge in [-0.1, -0.05) is 12.8 Å². The molecule has 1 heterocycles. The largest absolute Gasteiger partial charge is 0.313 e. The van der Waals surface area contributed by atoms with Gasteiger partial charge in [0, 0.05) is 10.9 Å². The summed E-state index contributed by atoms with van der Waals surface area (Å²) >= 11 is 1.86. The lowest BCUT2D eigenvalue weighted by molar-refractivity contribution is 0.514. The average Bonchev–Trinajstić information content (AvgIpc) is 2.85. The standard InChI is InChI=1S/C11H17NS/c1-8-10(5-6-13-8)11(12-2)7-9-3-4-9/h5-6,9,11-12H,3-4,7H2,1-2H3. The van der Waals surface area contributed by atoms with Crippen LogP contribution >= 0.6 is 11.3 Å². The molecule has 1 saturated carbocycles. The summed E-state index contributed by atoms with van der Waals surface area (Å²) in [5.74, 6) is 0.997. The quantitative estimate of drug-likeness (QED) is 0.778. The molecule has 1 fully saturated rings. The number of rotatable bonds is 4. The van der Waals surface area contributed by atoms with Crippen LogP contribution in [0.25, 0.3) is 0 Å². The van der Waals surface area contributed by atoms with Crippen LogP contribution in [0, 0.1) is 12.8 Å². The Balaban J connectivity index is 2.06. The van der Waals surface area contributed by atoms with E-state index in [0.29, 0.717) is 6.04 Å². The van der Waals surface area contributed by atoms with Gasteiger partial charge in [0.25, 0.3) is 0 Å². The molecule has 1 nitrogen and oxygen atoms in total. The number of nitrogens with one attached hydrogen (secondary N) is 1. The molecule has 0 bridgehead atoms. The Morgan fingerprint density at radius 3 is 2.85 bits per heavy atom. The maximum Gasteiger partial charge on any atom is 0.0331 e. The van der Waals surface area contributed by atoms with Crippen molar-refractivity contribution >= 4 is 11.3 Å². The van der Waals surface area contributed by atoms with Crippen molar-refractivity contribution in [1.29, 1.82) is 0 Å². The van der Waals surface area contributed by atoms with E-state index in [-0.39, 0.29) is 0 Å². The lowest BCUT2D eigenvalue weighted by Gasteiger charge is -2.15. The van der Waals surface area contributed by atoms with Gasteiger partial charge in [0.2, 0.25) is 0 Å². The van der Waals surface area contributed by atoms with Gasteiger partial charge in [-0.3, -0.25) is 0 Å². The van der Waals surface area contributed by atoms with Gasteiger partial charge in [-0.2, -0.15) is 0 Å². The molecule has 0 aliphatic heterocycles. The first-order valence-corrected chi connectivity index (χ1v) is 5.90. The van der Waals surface area contributed by atoms with Crippen LogP contribution < -0.4 is 5.32 Å². The monoisotopic (exact) mass is 195 g/mol. The predicted molar refractivity (Wildman–Crippen MR) is 58.2 cm³/mol. The summed E-state index contributed by atoms with van der Waals surface area (Å²) in [5, 5.41) is 5.62. The van der Waals surface area contributed by atoms with E-state index in [1.807, 2.05) is 11.3 Å². The topological polar surface area (TPSA) is 12.0 Å². The molecule has 13 heavy (non-hydrogen) atoms. The fourth-order valence-corrected chi connectivity index (χ4v) is 2.61. The number of hydrogen-bond donors (Lipinski definition) is 1. The molecule has 1 atom stereocenters. The van der Waals surface area contributed by atoms with Crippen molar-refractivity contribution in [2.45, 2.75) is 32.2 Å². The van der Waals surface area contributed by atoms with Gasteiger partial charge in [0.1, 0.15) is 0 Å². The predicted octanol–water partition coefficient (Wildman–Crippen LogP) is 3.12. The highest BCUT2D eigenvalue weighted by Crippen LogP contribution is 2.38. The summed E-state index contributed by atoms with van der Waals surface area (Å²) in [6, 6.07) is 2.86. The zero-order chi connectivity index (χ0) is 9.26. The molecule has 1 aliphatic rings. The van der Waals surface area contributed by atoms with Crippen molar-refractivity contribution in [3.8, 4) is 0 Å². The Labute approximate surface area is 84.2 Å². The van der Waals surface area contributed by atoms with E-state index in [0.717, 1.165) is 5.92 Å². The molecule has 0 spiro atoms. The molecular formula is C11H17NS. The van der Waals surface area contributed by atoms with Gasteiger partial charge in [0.05, 0.1) is 0 Å². The van der Waals surface area contributed by atoms with E-state index in [1.165, 1.54) is 29.7 Å². The van der Waals surface area contributed by atoms with Crippen molar-refractivity contribution in [3.05, 3.63) is 21.9 Å². The number of hydrogen-bond acceptors (Lipinski definition) is 2. The summed E-state index contributed by atoms with van der Waals surface area (Å²) in [4.78, 5) is 1.47. The Morgan fingerprint density at radius 2 is 2.38 bits per heavy atom. The third kappa shape index (κ3) is 2.12. The molecule has 0 aromatic carbocycles.